The predicted molar refractivity (Wildman–Crippen MR) is 95.9 cm³/mol. The van der Waals surface area contributed by atoms with Crippen LogP contribution in [0.1, 0.15) is 44.9 Å². The normalized spacial score (nSPS) is 13.1. The van der Waals surface area contributed by atoms with Crippen LogP contribution in [0.3, 0.4) is 0 Å². The fourth-order valence-corrected chi connectivity index (χ4v) is 3.34. The van der Waals surface area contributed by atoms with Crippen molar-refractivity contribution < 1.29 is 0 Å². The van der Waals surface area contributed by atoms with E-state index in [0.29, 0.717) is 5.92 Å². The van der Waals surface area contributed by atoms with Gasteiger partial charge in [0.15, 0.2) is 0 Å². The van der Waals surface area contributed by atoms with E-state index in [1.54, 1.807) is 0 Å². The Kier molecular flexibility index (Phi) is 3.49. The second-order valence-corrected chi connectivity index (χ2v) is 6.29. The molecule has 1 unspecified atom stereocenters. The molecular formula is C20H21N3. The van der Waals surface area contributed by atoms with E-state index in [4.69, 9.17) is 9.97 Å². The second-order valence-electron chi connectivity index (χ2n) is 6.29. The first-order valence-corrected chi connectivity index (χ1v) is 8.45. The molecule has 0 saturated heterocycles. The van der Waals surface area contributed by atoms with E-state index in [9.17, 15) is 0 Å². The zero-order chi connectivity index (χ0) is 15.8. The summed E-state index contributed by atoms with van der Waals surface area (Å²) < 4.78 is 2.26. The first kappa shape index (κ1) is 14.2. The van der Waals surface area contributed by atoms with E-state index in [0.717, 1.165) is 39.8 Å². The third kappa shape index (κ3) is 2.27. The Morgan fingerprint density at radius 2 is 1.70 bits per heavy atom. The Bertz CT molecular complexity index is 984. The molecule has 0 radical (unpaired) electrons. The molecule has 0 fully saturated rings. The fourth-order valence-electron chi connectivity index (χ4n) is 3.34. The molecule has 2 aromatic heterocycles. The van der Waals surface area contributed by atoms with Crippen molar-refractivity contribution in [1.82, 2.24) is 14.4 Å². The molecule has 0 saturated carbocycles. The molecule has 1 atom stereocenters. The number of imidazole rings is 1. The minimum absolute atomic E-state index is 0.416. The lowest BCUT2D eigenvalue weighted by atomic mass is 10.0. The summed E-state index contributed by atoms with van der Waals surface area (Å²) in [6.45, 7) is 4.52. The molecule has 4 aromatic rings. The van der Waals surface area contributed by atoms with Crippen LogP contribution in [-0.4, -0.2) is 14.4 Å². The summed E-state index contributed by atoms with van der Waals surface area (Å²) in [6.07, 6.45) is 3.60. The lowest BCUT2D eigenvalue weighted by Gasteiger charge is -2.14. The van der Waals surface area contributed by atoms with Crippen molar-refractivity contribution in [2.75, 3.05) is 0 Å². The van der Waals surface area contributed by atoms with Crippen LogP contribution in [0.5, 0.6) is 0 Å². The van der Waals surface area contributed by atoms with Crippen LogP contribution in [0.25, 0.3) is 27.6 Å². The summed E-state index contributed by atoms with van der Waals surface area (Å²) in [4.78, 5) is 9.89. The molecule has 3 nitrogen and oxygen atoms in total. The molecule has 0 amide bonds. The molecule has 23 heavy (non-hydrogen) atoms. The maximum atomic E-state index is 5.00. The molecule has 2 aromatic carbocycles. The van der Waals surface area contributed by atoms with E-state index in [-0.39, 0.29) is 0 Å². The standard InChI is InChI=1S/C20H21N3/c1-3-4-9-14(2)19-21-16-11-6-5-10-15(16)20-22-17-12-7-8-13-18(17)23(19)20/h5-8,10-14H,3-4,9H2,1-2H3. The second kappa shape index (κ2) is 5.65. The molecule has 0 N–H and O–H groups in total. The van der Waals surface area contributed by atoms with Crippen molar-refractivity contribution in [3.05, 3.63) is 54.4 Å². The molecule has 0 bridgehead atoms. The summed E-state index contributed by atoms with van der Waals surface area (Å²) in [5.74, 6) is 1.54. The number of benzene rings is 2. The van der Waals surface area contributed by atoms with Crippen LogP contribution in [-0.2, 0) is 0 Å². The molecule has 0 spiro atoms. The summed E-state index contributed by atoms with van der Waals surface area (Å²) in [6, 6.07) is 16.7. The van der Waals surface area contributed by atoms with Crippen molar-refractivity contribution in [2.24, 2.45) is 0 Å². The number of hydrogen-bond donors (Lipinski definition) is 0. The van der Waals surface area contributed by atoms with E-state index >= 15 is 0 Å². The largest absolute Gasteiger partial charge is 0.280 e. The molecule has 0 aliphatic heterocycles. The van der Waals surface area contributed by atoms with E-state index in [1.165, 1.54) is 12.8 Å². The van der Waals surface area contributed by atoms with E-state index in [2.05, 4.69) is 60.7 Å². The maximum Gasteiger partial charge on any atom is 0.148 e. The lowest BCUT2D eigenvalue weighted by molar-refractivity contribution is 0.593. The lowest BCUT2D eigenvalue weighted by Crippen LogP contribution is -2.06. The first-order chi connectivity index (χ1) is 11.3. The number of fused-ring (bicyclic) bond motifs is 5. The van der Waals surface area contributed by atoms with Crippen LogP contribution in [0.2, 0.25) is 0 Å². The highest BCUT2D eigenvalue weighted by molar-refractivity contribution is 5.96. The molecular weight excluding hydrogens is 282 g/mol. The molecule has 3 heteroatoms. The van der Waals surface area contributed by atoms with Crippen molar-refractivity contribution in [3.8, 4) is 0 Å². The first-order valence-electron chi connectivity index (χ1n) is 8.45. The van der Waals surface area contributed by atoms with Gasteiger partial charge < -0.3 is 0 Å². The highest BCUT2D eigenvalue weighted by Crippen LogP contribution is 2.29. The SMILES string of the molecule is CCCCC(C)c1nc2ccccc2c2nc3ccccc3n12. The van der Waals surface area contributed by atoms with Crippen LogP contribution >= 0.6 is 0 Å². The molecule has 0 aliphatic carbocycles. The Morgan fingerprint density at radius 3 is 2.52 bits per heavy atom. The topological polar surface area (TPSA) is 30.2 Å². The molecule has 2 heterocycles. The van der Waals surface area contributed by atoms with Crippen molar-refractivity contribution >= 4 is 27.6 Å². The van der Waals surface area contributed by atoms with Gasteiger partial charge in [-0.2, -0.15) is 0 Å². The average molecular weight is 303 g/mol. The Balaban J connectivity index is 2.09. The van der Waals surface area contributed by atoms with Gasteiger partial charge in [-0.25, -0.2) is 9.97 Å². The van der Waals surface area contributed by atoms with Gasteiger partial charge >= 0.3 is 0 Å². The average Bonchev–Trinajstić information content (AvgIpc) is 2.99. The number of unbranched alkanes of at least 4 members (excludes halogenated alkanes) is 1. The summed E-state index contributed by atoms with van der Waals surface area (Å²) in [5.41, 5.74) is 4.25. The van der Waals surface area contributed by atoms with E-state index in [1.807, 2.05) is 6.07 Å². The Hall–Kier alpha value is -2.42. The monoisotopic (exact) mass is 303 g/mol. The molecule has 4 rings (SSSR count). The van der Waals surface area contributed by atoms with Crippen LogP contribution in [0.4, 0.5) is 0 Å². The van der Waals surface area contributed by atoms with Gasteiger partial charge in [-0.05, 0) is 30.7 Å². The Morgan fingerprint density at radius 1 is 0.957 bits per heavy atom. The van der Waals surface area contributed by atoms with Crippen molar-refractivity contribution in [1.29, 1.82) is 0 Å². The predicted octanol–water partition coefficient (Wildman–Crippen LogP) is 5.33. The summed E-state index contributed by atoms with van der Waals surface area (Å²) >= 11 is 0. The van der Waals surface area contributed by atoms with Gasteiger partial charge in [0.1, 0.15) is 11.5 Å². The number of para-hydroxylation sites is 3. The highest BCUT2D eigenvalue weighted by atomic mass is 15.1. The highest BCUT2D eigenvalue weighted by Gasteiger charge is 2.17. The molecule has 0 aliphatic rings. The van der Waals surface area contributed by atoms with Gasteiger partial charge in [0, 0.05) is 11.3 Å². The van der Waals surface area contributed by atoms with Crippen molar-refractivity contribution in [2.45, 2.75) is 39.0 Å². The van der Waals surface area contributed by atoms with E-state index < -0.39 is 0 Å². The van der Waals surface area contributed by atoms with Gasteiger partial charge in [-0.1, -0.05) is 51.0 Å². The van der Waals surface area contributed by atoms with Gasteiger partial charge in [0.2, 0.25) is 0 Å². The molecule has 116 valence electrons. The van der Waals surface area contributed by atoms with Gasteiger partial charge in [0.05, 0.1) is 16.6 Å². The minimum Gasteiger partial charge on any atom is -0.280 e. The van der Waals surface area contributed by atoms with Gasteiger partial charge in [0.25, 0.3) is 0 Å². The zero-order valence-electron chi connectivity index (χ0n) is 13.7. The smallest absolute Gasteiger partial charge is 0.148 e. The van der Waals surface area contributed by atoms with Crippen LogP contribution in [0, 0.1) is 0 Å². The van der Waals surface area contributed by atoms with Gasteiger partial charge in [-0.15, -0.1) is 0 Å². The fraction of sp³-hybridized carbons (Fsp3) is 0.300. The Labute approximate surface area is 136 Å². The van der Waals surface area contributed by atoms with Gasteiger partial charge in [-0.3, -0.25) is 4.40 Å². The quantitative estimate of drug-likeness (QED) is 0.510. The minimum atomic E-state index is 0.416. The summed E-state index contributed by atoms with van der Waals surface area (Å²) in [7, 11) is 0. The third-order valence-corrected chi connectivity index (χ3v) is 4.60. The van der Waals surface area contributed by atoms with Crippen LogP contribution in [0.15, 0.2) is 48.5 Å². The number of rotatable bonds is 4. The zero-order valence-corrected chi connectivity index (χ0v) is 13.7. The summed E-state index contributed by atoms with van der Waals surface area (Å²) in [5, 5.41) is 1.12. The number of nitrogens with zero attached hydrogens (tertiary/aromatic N) is 3. The van der Waals surface area contributed by atoms with Crippen LogP contribution < -0.4 is 0 Å². The maximum absolute atomic E-state index is 5.00. The number of hydrogen-bond acceptors (Lipinski definition) is 2. The number of aromatic nitrogens is 3. The van der Waals surface area contributed by atoms with Crippen molar-refractivity contribution in [3.63, 3.8) is 0 Å². The third-order valence-electron chi connectivity index (χ3n) is 4.60.